The molecule has 26 heavy (non-hydrogen) atoms. The Morgan fingerprint density at radius 2 is 1.81 bits per heavy atom. The van der Waals surface area contributed by atoms with Crippen molar-refractivity contribution in [3.8, 4) is 0 Å². The Balaban J connectivity index is 1.81. The fraction of sp³-hybridized carbons (Fsp3) is 0.143. The second-order valence-electron chi connectivity index (χ2n) is 6.41. The van der Waals surface area contributed by atoms with E-state index in [2.05, 4.69) is 10.3 Å². The molecule has 130 valence electrons. The number of rotatable bonds is 3. The Kier molecular flexibility index (Phi) is 4.13. The Morgan fingerprint density at radius 1 is 1.04 bits per heavy atom. The number of aryl methyl sites for hydroxylation is 1. The highest BCUT2D eigenvalue weighted by molar-refractivity contribution is 6.31. The van der Waals surface area contributed by atoms with E-state index in [0.717, 1.165) is 28.2 Å². The fourth-order valence-electron chi connectivity index (χ4n) is 3.20. The molecule has 0 saturated carbocycles. The molecule has 0 radical (unpaired) electrons. The molecule has 0 aliphatic carbocycles. The number of aromatic nitrogens is 1. The van der Waals surface area contributed by atoms with Crippen molar-refractivity contribution < 1.29 is 4.79 Å². The van der Waals surface area contributed by atoms with Crippen LogP contribution in [0.4, 0.5) is 11.4 Å². The number of pyridine rings is 1. The zero-order valence-electron chi connectivity index (χ0n) is 14.5. The van der Waals surface area contributed by atoms with Crippen molar-refractivity contribution in [2.24, 2.45) is 0 Å². The minimum atomic E-state index is -0.390. The van der Waals surface area contributed by atoms with Crippen molar-refractivity contribution in [2.75, 3.05) is 10.2 Å². The van der Waals surface area contributed by atoms with Crippen molar-refractivity contribution in [1.29, 1.82) is 0 Å². The largest absolute Gasteiger partial charge is 0.360 e. The molecular weight excluding hydrogens is 346 g/mol. The number of hydrogen-bond donors (Lipinski definition) is 1. The monoisotopic (exact) mass is 363 g/mol. The molecule has 0 spiro atoms. The molecule has 0 fully saturated rings. The van der Waals surface area contributed by atoms with E-state index in [1.54, 1.807) is 17.2 Å². The summed E-state index contributed by atoms with van der Waals surface area (Å²) in [6.07, 6.45) is 1.32. The van der Waals surface area contributed by atoms with Gasteiger partial charge < -0.3 is 5.32 Å². The van der Waals surface area contributed by atoms with Gasteiger partial charge in [0.1, 0.15) is 0 Å². The summed E-state index contributed by atoms with van der Waals surface area (Å²) in [7, 11) is 0. The van der Waals surface area contributed by atoms with Gasteiger partial charge in [0.2, 0.25) is 0 Å². The van der Waals surface area contributed by atoms with E-state index in [0.29, 0.717) is 10.6 Å². The van der Waals surface area contributed by atoms with E-state index in [1.165, 1.54) is 0 Å². The summed E-state index contributed by atoms with van der Waals surface area (Å²) in [5.41, 5.74) is 5.13. The van der Waals surface area contributed by atoms with E-state index in [-0.39, 0.29) is 5.91 Å². The normalized spacial score (nSPS) is 15.9. The van der Waals surface area contributed by atoms with Crippen LogP contribution in [0.5, 0.6) is 0 Å². The summed E-state index contributed by atoms with van der Waals surface area (Å²) in [4.78, 5) is 19.3. The lowest BCUT2D eigenvalue weighted by molar-refractivity contribution is 0.0993. The number of carbonyl (C=O) groups excluding carboxylic acids is 1. The molecule has 0 unspecified atom stereocenters. The molecule has 2 heterocycles. The molecule has 0 saturated heterocycles. The summed E-state index contributed by atoms with van der Waals surface area (Å²) in [6.45, 7) is 3.98. The first-order chi connectivity index (χ1) is 12.6. The van der Waals surface area contributed by atoms with Crippen LogP contribution in [0.3, 0.4) is 0 Å². The maximum atomic E-state index is 13.1. The van der Waals surface area contributed by atoms with Crippen LogP contribution in [0, 0.1) is 13.8 Å². The van der Waals surface area contributed by atoms with Crippen LogP contribution < -0.4 is 10.2 Å². The molecule has 4 nitrogen and oxygen atoms in total. The van der Waals surface area contributed by atoms with Crippen molar-refractivity contribution in [3.05, 3.63) is 88.2 Å². The molecule has 5 heteroatoms. The van der Waals surface area contributed by atoms with E-state index in [1.807, 2.05) is 62.4 Å². The summed E-state index contributed by atoms with van der Waals surface area (Å²) in [6, 6.07) is 17.2. The van der Waals surface area contributed by atoms with E-state index >= 15 is 0 Å². The van der Waals surface area contributed by atoms with Gasteiger partial charge in [-0.05, 0) is 55.8 Å². The average molecular weight is 364 g/mol. The minimum absolute atomic E-state index is 0.0610. The van der Waals surface area contributed by atoms with Crippen molar-refractivity contribution in [3.63, 3.8) is 0 Å². The molecule has 1 amide bonds. The van der Waals surface area contributed by atoms with Gasteiger partial charge in [-0.3, -0.25) is 14.7 Å². The third-order valence-electron chi connectivity index (χ3n) is 4.68. The highest BCUT2D eigenvalue weighted by Crippen LogP contribution is 2.38. The maximum Gasteiger partial charge on any atom is 0.262 e. The molecule has 1 aliphatic heterocycles. The topological polar surface area (TPSA) is 45.2 Å². The lowest BCUT2D eigenvalue weighted by atomic mass is 10.1. The smallest absolute Gasteiger partial charge is 0.262 e. The van der Waals surface area contributed by atoms with Crippen LogP contribution in [0.1, 0.15) is 33.3 Å². The fourth-order valence-corrected chi connectivity index (χ4v) is 3.38. The number of amides is 1. The molecule has 1 N–H and O–H groups in total. The van der Waals surface area contributed by atoms with Gasteiger partial charge in [-0.1, -0.05) is 35.4 Å². The zero-order valence-corrected chi connectivity index (χ0v) is 15.3. The summed E-state index contributed by atoms with van der Waals surface area (Å²) >= 11 is 6.26. The number of anilines is 2. The van der Waals surface area contributed by atoms with Gasteiger partial charge in [0.15, 0.2) is 6.17 Å². The van der Waals surface area contributed by atoms with Crippen molar-refractivity contribution in [1.82, 2.24) is 4.98 Å². The van der Waals surface area contributed by atoms with Crippen LogP contribution in [0.2, 0.25) is 5.02 Å². The van der Waals surface area contributed by atoms with Gasteiger partial charge in [-0.2, -0.15) is 0 Å². The number of hydrogen-bond acceptors (Lipinski definition) is 3. The van der Waals surface area contributed by atoms with Crippen LogP contribution in [-0.2, 0) is 0 Å². The molecule has 3 aromatic rings. The van der Waals surface area contributed by atoms with Gasteiger partial charge in [-0.15, -0.1) is 0 Å². The zero-order chi connectivity index (χ0) is 18.3. The molecule has 4 rings (SSSR count). The predicted octanol–water partition coefficient (Wildman–Crippen LogP) is 5.12. The third kappa shape index (κ3) is 2.72. The Bertz CT molecular complexity index is 985. The van der Waals surface area contributed by atoms with Gasteiger partial charge in [-0.25, -0.2) is 0 Å². The summed E-state index contributed by atoms with van der Waals surface area (Å²) < 4.78 is 0. The summed E-state index contributed by atoms with van der Waals surface area (Å²) in [5.74, 6) is -0.0610. The first kappa shape index (κ1) is 16.6. The average Bonchev–Trinajstić information content (AvgIpc) is 2.92. The second kappa shape index (κ2) is 6.46. The predicted molar refractivity (Wildman–Crippen MR) is 105 cm³/mol. The summed E-state index contributed by atoms with van der Waals surface area (Å²) in [5, 5.41) is 4.14. The quantitative estimate of drug-likeness (QED) is 0.702. The molecule has 0 bridgehead atoms. The maximum absolute atomic E-state index is 13.1. The second-order valence-corrected chi connectivity index (χ2v) is 6.81. The molecule has 2 aromatic carbocycles. The molecule has 1 atom stereocenters. The Labute approximate surface area is 157 Å². The number of nitrogens with zero attached hydrogens (tertiary/aromatic N) is 2. The lowest BCUT2D eigenvalue weighted by Gasteiger charge is -2.27. The first-order valence-electron chi connectivity index (χ1n) is 8.43. The van der Waals surface area contributed by atoms with E-state index < -0.39 is 6.17 Å². The number of carbonyl (C=O) groups is 1. The minimum Gasteiger partial charge on any atom is -0.360 e. The SMILES string of the molecule is Cc1ccc(N2C(=O)c3cccnc3[C@@H]2Nc2cccc(Cl)c2C)cc1. The number of benzene rings is 2. The Morgan fingerprint density at radius 3 is 2.58 bits per heavy atom. The highest BCUT2D eigenvalue weighted by Gasteiger charge is 2.39. The van der Waals surface area contributed by atoms with Gasteiger partial charge in [0, 0.05) is 22.6 Å². The molecule has 1 aliphatic rings. The van der Waals surface area contributed by atoms with Gasteiger partial charge >= 0.3 is 0 Å². The van der Waals surface area contributed by atoms with E-state index in [4.69, 9.17) is 11.6 Å². The number of nitrogens with one attached hydrogen (secondary N) is 1. The van der Waals surface area contributed by atoms with Gasteiger partial charge in [0.05, 0.1) is 11.3 Å². The van der Waals surface area contributed by atoms with Gasteiger partial charge in [0.25, 0.3) is 5.91 Å². The first-order valence-corrected chi connectivity index (χ1v) is 8.81. The van der Waals surface area contributed by atoms with E-state index in [9.17, 15) is 4.79 Å². The third-order valence-corrected chi connectivity index (χ3v) is 5.09. The molecular formula is C21H18ClN3O. The van der Waals surface area contributed by atoms with Crippen molar-refractivity contribution >= 4 is 28.9 Å². The van der Waals surface area contributed by atoms with Crippen molar-refractivity contribution in [2.45, 2.75) is 20.0 Å². The lowest BCUT2D eigenvalue weighted by Crippen LogP contribution is -2.32. The number of halogens is 1. The molecule has 1 aromatic heterocycles. The van der Waals surface area contributed by atoms with Crippen LogP contribution in [0.25, 0.3) is 0 Å². The number of fused-ring (bicyclic) bond motifs is 1. The standard InChI is InChI=1S/C21H18ClN3O/c1-13-8-10-15(11-9-13)25-20(19-16(21(25)26)5-4-12-23-19)24-18-7-3-6-17(22)14(18)2/h3-12,20,24H,1-2H3/t20-/m1/s1. The Hall–Kier alpha value is -2.85. The van der Waals surface area contributed by atoms with Crippen LogP contribution in [-0.4, -0.2) is 10.9 Å². The van der Waals surface area contributed by atoms with Crippen LogP contribution in [0.15, 0.2) is 60.8 Å². The highest BCUT2D eigenvalue weighted by atomic mass is 35.5. The van der Waals surface area contributed by atoms with Crippen LogP contribution >= 0.6 is 11.6 Å².